The van der Waals surface area contributed by atoms with Crippen molar-refractivity contribution >= 4 is 12.1 Å². The lowest BCUT2D eigenvalue weighted by atomic mass is 10.1. The average Bonchev–Trinajstić information content (AvgIpc) is 3.11. The largest absolute Gasteiger partial charge is 0.444 e. The summed E-state index contributed by atoms with van der Waals surface area (Å²) < 4.78 is 5.38. The average molecular weight is 373 g/mol. The zero-order valence-electron chi connectivity index (χ0n) is 17.1. The lowest BCUT2D eigenvalue weighted by molar-refractivity contribution is 0.0285. The molecule has 148 valence electrons. The van der Waals surface area contributed by atoms with Crippen LogP contribution in [0.2, 0.25) is 0 Å². The summed E-state index contributed by atoms with van der Waals surface area (Å²) in [7, 11) is 3.53. The first-order valence-corrected chi connectivity index (χ1v) is 9.41. The molecule has 0 aliphatic heterocycles. The molecule has 2 N–H and O–H groups in total. The number of carbonyl (C=O) groups is 1. The summed E-state index contributed by atoms with van der Waals surface area (Å²) in [6.07, 6.45) is 6.15. The topological polar surface area (TPSA) is 66.0 Å². The Kier molecular flexibility index (Phi) is 7.28. The van der Waals surface area contributed by atoms with E-state index in [-0.39, 0.29) is 6.09 Å². The number of aliphatic imine (C=N–C) groups is 1. The fourth-order valence-electron chi connectivity index (χ4n) is 2.75. The second-order valence-corrected chi connectivity index (χ2v) is 7.86. The molecule has 27 heavy (non-hydrogen) atoms. The van der Waals surface area contributed by atoms with Crippen LogP contribution in [0, 0.1) is 0 Å². The molecular formula is C21H32N4O2. The molecule has 2 rings (SSSR count). The van der Waals surface area contributed by atoms with Crippen LogP contribution in [0.5, 0.6) is 0 Å². The van der Waals surface area contributed by atoms with Crippen molar-refractivity contribution in [2.75, 3.05) is 14.1 Å². The summed E-state index contributed by atoms with van der Waals surface area (Å²) in [4.78, 5) is 17.9. The van der Waals surface area contributed by atoms with E-state index < -0.39 is 5.60 Å². The van der Waals surface area contributed by atoms with Crippen molar-refractivity contribution in [3.63, 3.8) is 0 Å². The molecule has 1 amide bonds. The van der Waals surface area contributed by atoms with Gasteiger partial charge in [0.15, 0.2) is 5.96 Å². The van der Waals surface area contributed by atoms with Gasteiger partial charge < -0.3 is 20.3 Å². The van der Waals surface area contributed by atoms with Gasteiger partial charge in [0.2, 0.25) is 0 Å². The number of hydrogen-bond acceptors (Lipinski definition) is 3. The first-order valence-electron chi connectivity index (χ1n) is 9.41. The third kappa shape index (κ3) is 7.33. The van der Waals surface area contributed by atoms with E-state index in [9.17, 15) is 4.79 Å². The predicted molar refractivity (Wildman–Crippen MR) is 110 cm³/mol. The molecule has 0 spiro atoms. The summed E-state index contributed by atoms with van der Waals surface area (Å²) in [5.74, 6) is 0.817. The van der Waals surface area contributed by atoms with Crippen LogP contribution in [-0.4, -0.2) is 42.7 Å². The van der Waals surface area contributed by atoms with Crippen LogP contribution in [0.15, 0.2) is 41.4 Å². The molecule has 0 aromatic heterocycles. The molecule has 0 radical (unpaired) electrons. The third-order valence-corrected chi connectivity index (χ3v) is 4.18. The molecule has 0 saturated carbocycles. The predicted octanol–water partition coefficient (Wildman–Crippen LogP) is 3.44. The van der Waals surface area contributed by atoms with E-state index in [2.05, 4.69) is 39.9 Å². The number of rotatable bonds is 5. The van der Waals surface area contributed by atoms with Crippen LogP contribution in [-0.2, 0) is 17.8 Å². The van der Waals surface area contributed by atoms with E-state index in [4.69, 9.17) is 4.74 Å². The Morgan fingerprint density at radius 2 is 1.78 bits per heavy atom. The number of hydrogen-bond donors (Lipinski definition) is 2. The monoisotopic (exact) mass is 372 g/mol. The number of amides is 1. The molecule has 0 atom stereocenters. The maximum Gasteiger partial charge on any atom is 0.410 e. The highest BCUT2D eigenvalue weighted by atomic mass is 16.6. The quantitative estimate of drug-likeness (QED) is 0.472. The fourth-order valence-corrected chi connectivity index (χ4v) is 2.75. The van der Waals surface area contributed by atoms with E-state index in [0.29, 0.717) is 19.1 Å². The van der Waals surface area contributed by atoms with Crippen molar-refractivity contribution in [2.45, 2.75) is 58.3 Å². The number of benzene rings is 1. The minimum Gasteiger partial charge on any atom is -0.444 e. The summed E-state index contributed by atoms with van der Waals surface area (Å²) in [5.41, 5.74) is 1.74. The van der Waals surface area contributed by atoms with Gasteiger partial charge in [0, 0.05) is 33.2 Å². The summed E-state index contributed by atoms with van der Waals surface area (Å²) in [6.45, 7) is 6.81. The van der Waals surface area contributed by atoms with Gasteiger partial charge in [-0.15, -0.1) is 0 Å². The number of nitrogens with one attached hydrogen (secondary N) is 2. The zero-order chi connectivity index (χ0) is 19.9. The molecule has 1 aliphatic carbocycles. The van der Waals surface area contributed by atoms with Gasteiger partial charge in [-0.25, -0.2) is 4.79 Å². The van der Waals surface area contributed by atoms with Gasteiger partial charge in [-0.3, -0.25) is 4.99 Å². The standard InChI is InChI=1S/C21H32N4O2/c1-21(2,3)27-20(26)25(5)15-17-12-10-16(11-13-17)14-23-19(22-4)24-18-8-6-7-9-18/h6-7,10-13,18H,8-9,14-15H2,1-5H3,(H2,22,23,24). The van der Waals surface area contributed by atoms with Crippen LogP contribution in [0.3, 0.4) is 0 Å². The van der Waals surface area contributed by atoms with Gasteiger partial charge >= 0.3 is 6.09 Å². The second kappa shape index (κ2) is 9.44. The fraction of sp³-hybridized carbons (Fsp3) is 0.524. The highest BCUT2D eigenvalue weighted by Gasteiger charge is 2.19. The Balaban J connectivity index is 1.81. The van der Waals surface area contributed by atoms with Crippen LogP contribution in [0.1, 0.15) is 44.7 Å². The highest BCUT2D eigenvalue weighted by molar-refractivity contribution is 5.80. The Morgan fingerprint density at radius 3 is 2.33 bits per heavy atom. The van der Waals surface area contributed by atoms with Crippen molar-refractivity contribution in [1.29, 1.82) is 0 Å². The Bertz CT molecular complexity index is 666. The number of nitrogens with zero attached hydrogens (tertiary/aromatic N) is 2. The van der Waals surface area contributed by atoms with Gasteiger partial charge in [-0.2, -0.15) is 0 Å². The van der Waals surface area contributed by atoms with Gasteiger partial charge in [0.05, 0.1) is 0 Å². The normalized spacial score (nSPS) is 14.9. The van der Waals surface area contributed by atoms with Gasteiger partial charge in [-0.1, -0.05) is 36.4 Å². The van der Waals surface area contributed by atoms with E-state index in [0.717, 1.165) is 29.9 Å². The van der Waals surface area contributed by atoms with Gasteiger partial charge in [-0.05, 0) is 44.7 Å². The van der Waals surface area contributed by atoms with Crippen LogP contribution >= 0.6 is 0 Å². The smallest absolute Gasteiger partial charge is 0.410 e. The molecule has 6 nitrogen and oxygen atoms in total. The Labute approximate surface area is 162 Å². The zero-order valence-corrected chi connectivity index (χ0v) is 17.1. The van der Waals surface area contributed by atoms with Crippen molar-refractivity contribution in [3.8, 4) is 0 Å². The van der Waals surface area contributed by atoms with Crippen molar-refractivity contribution in [3.05, 3.63) is 47.5 Å². The van der Waals surface area contributed by atoms with Gasteiger partial charge in [0.25, 0.3) is 0 Å². The summed E-state index contributed by atoms with van der Waals surface area (Å²) in [5, 5.41) is 6.77. The van der Waals surface area contributed by atoms with E-state index >= 15 is 0 Å². The Morgan fingerprint density at radius 1 is 1.19 bits per heavy atom. The molecule has 0 saturated heterocycles. The van der Waals surface area contributed by atoms with Gasteiger partial charge in [0.1, 0.15) is 5.60 Å². The minimum absolute atomic E-state index is 0.315. The maximum atomic E-state index is 12.1. The lowest BCUT2D eigenvalue weighted by Gasteiger charge is -2.24. The lowest BCUT2D eigenvalue weighted by Crippen LogP contribution is -2.42. The molecule has 0 heterocycles. The third-order valence-electron chi connectivity index (χ3n) is 4.18. The van der Waals surface area contributed by atoms with Crippen molar-refractivity contribution < 1.29 is 9.53 Å². The Hall–Kier alpha value is -2.50. The van der Waals surface area contributed by atoms with Crippen LogP contribution in [0.25, 0.3) is 0 Å². The summed E-state index contributed by atoms with van der Waals surface area (Å²) in [6, 6.07) is 8.64. The molecule has 1 aromatic carbocycles. The minimum atomic E-state index is -0.484. The van der Waals surface area contributed by atoms with Crippen LogP contribution < -0.4 is 10.6 Å². The number of carbonyl (C=O) groups excluding carboxylic acids is 1. The van der Waals surface area contributed by atoms with Crippen LogP contribution in [0.4, 0.5) is 4.79 Å². The second-order valence-electron chi connectivity index (χ2n) is 7.86. The SMILES string of the molecule is CN=C(NCc1ccc(CN(C)C(=O)OC(C)(C)C)cc1)NC1CC=CC1. The molecule has 1 aliphatic rings. The number of guanidine groups is 1. The van der Waals surface area contributed by atoms with Crippen molar-refractivity contribution in [1.82, 2.24) is 15.5 Å². The maximum absolute atomic E-state index is 12.1. The summed E-state index contributed by atoms with van der Waals surface area (Å²) >= 11 is 0. The molecule has 0 fully saturated rings. The molecule has 6 heteroatoms. The number of ether oxygens (including phenoxy) is 1. The molecule has 0 bridgehead atoms. The van der Waals surface area contributed by atoms with E-state index in [1.54, 1.807) is 19.0 Å². The molecule has 0 unspecified atom stereocenters. The molecule has 1 aromatic rings. The first-order chi connectivity index (χ1) is 12.8. The van der Waals surface area contributed by atoms with E-state index in [1.807, 2.05) is 32.9 Å². The van der Waals surface area contributed by atoms with Crippen molar-refractivity contribution in [2.24, 2.45) is 4.99 Å². The molecular weight excluding hydrogens is 340 g/mol. The highest BCUT2D eigenvalue weighted by Crippen LogP contribution is 2.12. The van der Waals surface area contributed by atoms with E-state index in [1.165, 1.54) is 0 Å². The first kappa shape index (κ1) is 20.8.